The first kappa shape index (κ1) is 14.4. The molecular weight excluding hydrogens is 285 g/mol. The number of rotatable bonds is 4. The first-order valence-corrected chi connectivity index (χ1v) is 7.98. The van der Waals surface area contributed by atoms with Gasteiger partial charge in [-0.25, -0.2) is 0 Å². The van der Waals surface area contributed by atoms with Gasteiger partial charge in [-0.3, -0.25) is 9.10 Å². The van der Waals surface area contributed by atoms with Crippen molar-refractivity contribution in [2.24, 2.45) is 0 Å². The van der Waals surface area contributed by atoms with Gasteiger partial charge in [0.15, 0.2) is 12.3 Å². The number of carbonyl (C=O) groups excluding carboxylic acids is 1. The monoisotopic (exact) mass is 303 g/mol. The maximum absolute atomic E-state index is 12.8. The minimum absolute atomic E-state index is 0.0177. The first-order chi connectivity index (χ1) is 10.3. The summed E-state index contributed by atoms with van der Waals surface area (Å²) in [7, 11) is 0. The van der Waals surface area contributed by atoms with Crippen LogP contribution in [0.4, 0.5) is 3.89 Å². The van der Waals surface area contributed by atoms with Crippen LogP contribution < -0.4 is 0 Å². The molecule has 110 valence electrons. The Kier molecular flexibility index (Phi) is 4.44. The summed E-state index contributed by atoms with van der Waals surface area (Å²) in [5, 5.41) is 0. The predicted octanol–water partition coefficient (Wildman–Crippen LogP) is 4.35. The van der Waals surface area contributed by atoms with E-state index in [-0.39, 0.29) is 24.3 Å². The van der Waals surface area contributed by atoms with Crippen molar-refractivity contribution >= 4 is 18.2 Å². The fraction of sp³-hybridized carbons (Fsp3) is 0.353. The maximum atomic E-state index is 12.8. The van der Waals surface area contributed by atoms with Crippen molar-refractivity contribution in [1.29, 1.82) is 0 Å². The van der Waals surface area contributed by atoms with Gasteiger partial charge in [0.2, 0.25) is 5.91 Å². The molecule has 1 aliphatic carbocycles. The number of hydrogen-bond donors (Lipinski definition) is 0. The maximum Gasteiger partial charge on any atom is 0.234 e. The molecule has 0 saturated carbocycles. The van der Waals surface area contributed by atoms with Crippen LogP contribution in [0.1, 0.15) is 36.3 Å². The van der Waals surface area contributed by atoms with E-state index in [1.807, 2.05) is 0 Å². The molecule has 1 aliphatic heterocycles. The third-order valence-corrected chi connectivity index (χ3v) is 4.85. The van der Waals surface area contributed by atoms with Crippen molar-refractivity contribution in [3.63, 3.8) is 0 Å². The normalized spacial score (nSPS) is 24.8. The van der Waals surface area contributed by atoms with Crippen LogP contribution in [0.15, 0.2) is 48.6 Å². The van der Waals surface area contributed by atoms with Gasteiger partial charge >= 0.3 is 0 Å². The highest BCUT2D eigenvalue weighted by Crippen LogP contribution is 2.30. The standard InChI is InChI=1S/C17H18FNOS/c18-21-19-16(10-11-17(19)20)12-13-6-8-15(9-7-13)14-4-2-1-3-5-14/h1-4,6-9,14,16H,5,10-12H2/t14?,16-/m0/s1. The van der Waals surface area contributed by atoms with Gasteiger partial charge in [-0.2, -0.15) is 0 Å². The van der Waals surface area contributed by atoms with Crippen LogP contribution in [-0.4, -0.2) is 16.3 Å². The molecule has 2 atom stereocenters. The van der Waals surface area contributed by atoms with Gasteiger partial charge in [-0.15, -0.1) is 3.89 Å². The summed E-state index contributed by atoms with van der Waals surface area (Å²) in [6, 6.07) is 8.48. The zero-order valence-electron chi connectivity index (χ0n) is 11.7. The second kappa shape index (κ2) is 6.48. The highest BCUT2D eigenvalue weighted by molar-refractivity contribution is 7.92. The molecule has 1 heterocycles. The van der Waals surface area contributed by atoms with Gasteiger partial charge in [0.25, 0.3) is 0 Å². The highest BCUT2D eigenvalue weighted by atomic mass is 32.2. The third kappa shape index (κ3) is 3.21. The summed E-state index contributed by atoms with van der Waals surface area (Å²) >= 11 is 0.0608. The molecule has 0 radical (unpaired) electrons. The average molecular weight is 303 g/mol. The molecule has 0 N–H and O–H groups in total. The van der Waals surface area contributed by atoms with Crippen LogP contribution in [-0.2, 0) is 11.2 Å². The molecule has 4 heteroatoms. The molecule has 1 amide bonds. The molecule has 1 aromatic carbocycles. The van der Waals surface area contributed by atoms with Crippen LogP contribution >= 0.6 is 12.3 Å². The number of amides is 1. The minimum Gasteiger partial charge on any atom is -0.274 e. The third-order valence-electron chi connectivity index (χ3n) is 4.20. The summed E-state index contributed by atoms with van der Waals surface area (Å²) < 4.78 is 14.1. The van der Waals surface area contributed by atoms with Crippen molar-refractivity contribution in [2.45, 2.75) is 37.6 Å². The van der Waals surface area contributed by atoms with E-state index in [1.54, 1.807) is 0 Å². The Balaban J connectivity index is 1.66. The Bertz CT molecular complexity index is 567. The fourth-order valence-electron chi connectivity index (χ4n) is 3.00. The molecule has 2 nitrogen and oxygen atoms in total. The van der Waals surface area contributed by atoms with Crippen LogP contribution in [0, 0.1) is 0 Å². The van der Waals surface area contributed by atoms with E-state index in [0.29, 0.717) is 12.3 Å². The molecule has 0 bridgehead atoms. The lowest BCUT2D eigenvalue weighted by Gasteiger charge is -2.19. The van der Waals surface area contributed by atoms with Crippen molar-refractivity contribution in [3.05, 3.63) is 59.7 Å². The van der Waals surface area contributed by atoms with Crippen LogP contribution in [0.2, 0.25) is 0 Å². The van der Waals surface area contributed by atoms with E-state index >= 15 is 0 Å². The molecular formula is C17H18FNOS. The number of nitrogens with zero attached hydrogens (tertiary/aromatic N) is 1. The van der Waals surface area contributed by atoms with E-state index in [1.165, 1.54) is 9.87 Å². The van der Waals surface area contributed by atoms with Gasteiger partial charge in [-0.05, 0) is 30.4 Å². The fourth-order valence-corrected chi connectivity index (χ4v) is 3.46. The molecule has 1 saturated heterocycles. The number of hydrogen-bond acceptors (Lipinski definition) is 2. The van der Waals surface area contributed by atoms with Crippen LogP contribution in [0.25, 0.3) is 0 Å². The molecule has 1 aromatic rings. The molecule has 0 aromatic heterocycles. The molecule has 1 fully saturated rings. The van der Waals surface area contributed by atoms with Crippen molar-refractivity contribution in [2.75, 3.05) is 0 Å². The zero-order chi connectivity index (χ0) is 14.7. The Labute approximate surface area is 129 Å². The Hall–Kier alpha value is -1.55. The number of carbonyl (C=O) groups is 1. The number of halogens is 1. The Morgan fingerprint density at radius 2 is 2.05 bits per heavy atom. The van der Waals surface area contributed by atoms with Gasteiger partial charge in [0.1, 0.15) is 0 Å². The van der Waals surface area contributed by atoms with E-state index in [4.69, 9.17) is 0 Å². The lowest BCUT2D eigenvalue weighted by atomic mass is 9.91. The van der Waals surface area contributed by atoms with Crippen molar-refractivity contribution in [3.8, 4) is 0 Å². The van der Waals surface area contributed by atoms with Gasteiger partial charge in [0, 0.05) is 12.3 Å². The smallest absolute Gasteiger partial charge is 0.234 e. The molecule has 2 aliphatic rings. The van der Waals surface area contributed by atoms with Gasteiger partial charge in [-0.1, -0.05) is 48.6 Å². The minimum atomic E-state index is -0.0942. The number of benzene rings is 1. The quantitative estimate of drug-likeness (QED) is 0.771. The van der Waals surface area contributed by atoms with E-state index in [2.05, 4.69) is 48.6 Å². The summed E-state index contributed by atoms with van der Waals surface area (Å²) in [6.45, 7) is 0. The van der Waals surface area contributed by atoms with Gasteiger partial charge < -0.3 is 0 Å². The largest absolute Gasteiger partial charge is 0.274 e. The topological polar surface area (TPSA) is 20.3 Å². The van der Waals surface area contributed by atoms with Crippen LogP contribution in [0.5, 0.6) is 0 Å². The van der Waals surface area contributed by atoms with Crippen LogP contribution in [0.3, 0.4) is 0 Å². The molecule has 1 unspecified atom stereocenters. The summed E-state index contributed by atoms with van der Waals surface area (Å²) in [6.07, 6.45) is 11.5. The predicted molar refractivity (Wildman–Crippen MR) is 84.4 cm³/mol. The summed E-state index contributed by atoms with van der Waals surface area (Å²) in [4.78, 5) is 11.5. The van der Waals surface area contributed by atoms with E-state index in [0.717, 1.165) is 24.8 Å². The molecule has 0 spiro atoms. The second-order valence-electron chi connectivity index (χ2n) is 5.58. The first-order valence-electron chi connectivity index (χ1n) is 7.31. The van der Waals surface area contributed by atoms with Gasteiger partial charge in [0.05, 0.1) is 6.04 Å². The van der Waals surface area contributed by atoms with E-state index < -0.39 is 0 Å². The summed E-state index contributed by atoms with van der Waals surface area (Å²) in [5.41, 5.74) is 2.46. The zero-order valence-corrected chi connectivity index (χ0v) is 12.6. The highest BCUT2D eigenvalue weighted by Gasteiger charge is 2.32. The number of allylic oxidation sites excluding steroid dienone is 4. The average Bonchev–Trinajstić information content (AvgIpc) is 2.89. The molecule has 3 rings (SSSR count). The summed E-state index contributed by atoms with van der Waals surface area (Å²) in [5.74, 6) is 0.359. The van der Waals surface area contributed by atoms with Crippen molar-refractivity contribution < 1.29 is 8.68 Å². The Morgan fingerprint density at radius 3 is 2.71 bits per heavy atom. The van der Waals surface area contributed by atoms with Crippen molar-refractivity contribution in [1.82, 2.24) is 4.31 Å². The Morgan fingerprint density at radius 1 is 1.24 bits per heavy atom. The lowest BCUT2D eigenvalue weighted by Crippen LogP contribution is -2.27. The lowest BCUT2D eigenvalue weighted by molar-refractivity contribution is -0.124. The SMILES string of the molecule is O=C1CC[C@@H](Cc2ccc(C3C=CC=CC3)cc2)N1SF. The second-order valence-corrected chi connectivity index (χ2v) is 6.11. The molecule has 21 heavy (non-hydrogen) atoms. The van der Waals surface area contributed by atoms with E-state index in [9.17, 15) is 8.68 Å².